The van der Waals surface area contributed by atoms with Gasteiger partial charge in [-0.25, -0.2) is 0 Å². The molecule has 7 nitrogen and oxygen atoms in total. The van der Waals surface area contributed by atoms with Crippen molar-refractivity contribution in [2.75, 3.05) is 46.7 Å². The molecular weight excluding hydrogens is 274 g/mol. The molecule has 0 aliphatic heterocycles. The number of hydrogen-bond donors (Lipinski definition) is 0. The molecule has 0 aliphatic rings. The summed E-state index contributed by atoms with van der Waals surface area (Å²) >= 11 is 0. The minimum absolute atomic E-state index is 0.349. The molecule has 0 aliphatic carbocycles. The zero-order chi connectivity index (χ0) is 15.2. The van der Waals surface area contributed by atoms with Gasteiger partial charge in [-0.1, -0.05) is 17.2 Å². The van der Waals surface area contributed by atoms with E-state index in [1.807, 2.05) is 24.3 Å². The highest BCUT2D eigenvalue weighted by atomic mass is 16.5. The van der Waals surface area contributed by atoms with Gasteiger partial charge in [0.25, 0.3) is 0 Å². The first-order chi connectivity index (χ1) is 10.4. The minimum Gasteiger partial charge on any atom is -0.497 e. The van der Waals surface area contributed by atoms with Crippen LogP contribution in [-0.4, -0.2) is 46.7 Å². The normalized spacial score (nSPS) is 10.1. The molecule has 0 aromatic heterocycles. The van der Waals surface area contributed by atoms with Crippen LogP contribution in [0.4, 0.5) is 0 Å². The lowest BCUT2D eigenvalue weighted by Gasteiger charge is -2.07. The van der Waals surface area contributed by atoms with Crippen molar-refractivity contribution in [3.05, 3.63) is 40.3 Å². The Kier molecular flexibility index (Phi) is 9.86. The van der Waals surface area contributed by atoms with E-state index in [0.717, 1.165) is 11.3 Å². The highest BCUT2D eigenvalue weighted by Gasteiger charge is 1.95. The number of azide groups is 1. The number of ether oxygens (including phenoxy) is 4. The first kappa shape index (κ1) is 17.3. The number of benzene rings is 1. The average molecular weight is 295 g/mol. The Balaban J connectivity index is 1.91. The van der Waals surface area contributed by atoms with Gasteiger partial charge in [-0.2, -0.15) is 0 Å². The molecule has 0 amide bonds. The van der Waals surface area contributed by atoms with E-state index in [0.29, 0.717) is 46.2 Å². The van der Waals surface area contributed by atoms with Gasteiger partial charge in [0.1, 0.15) is 5.75 Å². The molecule has 7 heteroatoms. The standard InChI is InChI=1S/C14H21N3O4/c1-18-14-4-2-13(3-5-14)12-21-11-10-20-9-8-19-7-6-16-17-15/h2-5H,6-12H2,1H3. The lowest BCUT2D eigenvalue weighted by atomic mass is 10.2. The van der Waals surface area contributed by atoms with Crippen LogP contribution in [0, 0.1) is 0 Å². The summed E-state index contributed by atoms with van der Waals surface area (Å²) in [6.07, 6.45) is 0. The van der Waals surface area contributed by atoms with Crippen molar-refractivity contribution in [1.82, 2.24) is 0 Å². The third kappa shape index (κ3) is 8.88. The Bertz CT molecular complexity index is 419. The quantitative estimate of drug-likeness (QED) is 0.257. The Morgan fingerprint density at radius 2 is 1.57 bits per heavy atom. The molecule has 0 radical (unpaired) electrons. The maximum absolute atomic E-state index is 8.06. The van der Waals surface area contributed by atoms with Gasteiger partial charge in [0.15, 0.2) is 0 Å². The van der Waals surface area contributed by atoms with Crippen molar-refractivity contribution in [3.63, 3.8) is 0 Å². The van der Waals surface area contributed by atoms with Crippen molar-refractivity contribution in [2.45, 2.75) is 6.61 Å². The SMILES string of the molecule is COc1ccc(COCCOCCOCCN=[N+]=[N-])cc1. The molecular formula is C14H21N3O4. The second-order valence-corrected chi connectivity index (χ2v) is 4.08. The fraction of sp³-hybridized carbons (Fsp3) is 0.571. The molecule has 1 aromatic carbocycles. The van der Waals surface area contributed by atoms with Crippen molar-refractivity contribution in [1.29, 1.82) is 0 Å². The molecule has 0 unspecified atom stereocenters. The third-order valence-electron chi connectivity index (χ3n) is 2.57. The monoisotopic (exact) mass is 295 g/mol. The summed E-state index contributed by atoms with van der Waals surface area (Å²) in [4.78, 5) is 2.63. The van der Waals surface area contributed by atoms with E-state index >= 15 is 0 Å². The van der Waals surface area contributed by atoms with Gasteiger partial charge in [0, 0.05) is 11.5 Å². The van der Waals surface area contributed by atoms with Gasteiger partial charge in [-0.3, -0.25) is 0 Å². The second-order valence-electron chi connectivity index (χ2n) is 4.08. The first-order valence-electron chi connectivity index (χ1n) is 6.74. The Hall–Kier alpha value is -1.79. The number of rotatable bonds is 12. The average Bonchev–Trinajstić information content (AvgIpc) is 2.53. The van der Waals surface area contributed by atoms with Gasteiger partial charge in [-0.15, -0.1) is 0 Å². The molecule has 0 heterocycles. The van der Waals surface area contributed by atoms with E-state index in [4.69, 9.17) is 24.5 Å². The van der Waals surface area contributed by atoms with Gasteiger partial charge < -0.3 is 18.9 Å². The maximum Gasteiger partial charge on any atom is 0.118 e. The van der Waals surface area contributed by atoms with Crippen LogP contribution in [0.3, 0.4) is 0 Å². The molecule has 0 spiro atoms. The Morgan fingerprint density at radius 3 is 2.19 bits per heavy atom. The molecule has 0 atom stereocenters. The number of methoxy groups -OCH3 is 1. The zero-order valence-electron chi connectivity index (χ0n) is 12.2. The van der Waals surface area contributed by atoms with E-state index in [1.54, 1.807) is 7.11 Å². The number of nitrogens with zero attached hydrogens (tertiary/aromatic N) is 3. The Morgan fingerprint density at radius 1 is 0.952 bits per heavy atom. The summed E-state index contributed by atoms with van der Waals surface area (Å²) in [5.74, 6) is 0.836. The summed E-state index contributed by atoms with van der Waals surface area (Å²) in [7, 11) is 1.64. The summed E-state index contributed by atoms with van der Waals surface area (Å²) in [5.41, 5.74) is 9.15. The molecule has 0 saturated carbocycles. The predicted molar refractivity (Wildman–Crippen MR) is 78.3 cm³/mol. The highest BCUT2D eigenvalue weighted by Crippen LogP contribution is 2.11. The van der Waals surface area contributed by atoms with Crippen molar-refractivity contribution in [2.24, 2.45) is 5.11 Å². The molecule has 0 fully saturated rings. The van der Waals surface area contributed by atoms with E-state index < -0.39 is 0 Å². The van der Waals surface area contributed by atoms with Crippen LogP contribution in [0.15, 0.2) is 29.4 Å². The van der Waals surface area contributed by atoms with Crippen LogP contribution >= 0.6 is 0 Å². The lowest BCUT2D eigenvalue weighted by molar-refractivity contribution is 0.0119. The van der Waals surface area contributed by atoms with Crippen molar-refractivity contribution in [3.8, 4) is 5.75 Å². The molecule has 21 heavy (non-hydrogen) atoms. The largest absolute Gasteiger partial charge is 0.497 e. The van der Waals surface area contributed by atoms with Gasteiger partial charge in [0.05, 0.1) is 46.8 Å². The van der Waals surface area contributed by atoms with Gasteiger partial charge in [0.2, 0.25) is 0 Å². The first-order valence-corrected chi connectivity index (χ1v) is 6.74. The maximum atomic E-state index is 8.06. The van der Waals surface area contributed by atoms with Crippen LogP contribution in [-0.2, 0) is 20.8 Å². The summed E-state index contributed by atoms with van der Waals surface area (Å²) in [6.45, 7) is 3.36. The van der Waals surface area contributed by atoms with E-state index in [2.05, 4.69) is 10.0 Å². The topological polar surface area (TPSA) is 85.7 Å². The fourth-order valence-electron chi connectivity index (χ4n) is 1.50. The molecule has 0 N–H and O–H groups in total. The second kappa shape index (κ2) is 12.0. The van der Waals surface area contributed by atoms with E-state index in [1.165, 1.54) is 0 Å². The van der Waals surface area contributed by atoms with Crippen molar-refractivity contribution < 1.29 is 18.9 Å². The smallest absolute Gasteiger partial charge is 0.118 e. The fourth-order valence-corrected chi connectivity index (χ4v) is 1.50. The van der Waals surface area contributed by atoms with Crippen LogP contribution in [0.1, 0.15) is 5.56 Å². The van der Waals surface area contributed by atoms with Crippen LogP contribution < -0.4 is 4.74 Å². The highest BCUT2D eigenvalue weighted by molar-refractivity contribution is 5.26. The summed E-state index contributed by atoms with van der Waals surface area (Å²) in [6, 6.07) is 7.75. The summed E-state index contributed by atoms with van der Waals surface area (Å²) < 4.78 is 21.1. The molecule has 0 bridgehead atoms. The summed E-state index contributed by atoms with van der Waals surface area (Å²) in [5, 5.41) is 3.36. The van der Waals surface area contributed by atoms with Crippen molar-refractivity contribution >= 4 is 0 Å². The Labute approximate surface area is 124 Å². The minimum atomic E-state index is 0.349. The van der Waals surface area contributed by atoms with E-state index in [-0.39, 0.29) is 0 Å². The number of hydrogen-bond acceptors (Lipinski definition) is 5. The third-order valence-corrected chi connectivity index (χ3v) is 2.57. The van der Waals surface area contributed by atoms with Crippen LogP contribution in [0.2, 0.25) is 0 Å². The molecule has 1 aromatic rings. The van der Waals surface area contributed by atoms with Crippen LogP contribution in [0.5, 0.6) is 5.75 Å². The molecule has 1 rings (SSSR count). The van der Waals surface area contributed by atoms with E-state index in [9.17, 15) is 0 Å². The molecule has 116 valence electrons. The van der Waals surface area contributed by atoms with Gasteiger partial charge in [-0.05, 0) is 23.2 Å². The predicted octanol–water partition coefficient (Wildman–Crippen LogP) is 2.56. The molecule has 0 saturated heterocycles. The zero-order valence-corrected chi connectivity index (χ0v) is 12.2. The lowest BCUT2D eigenvalue weighted by Crippen LogP contribution is -2.10. The van der Waals surface area contributed by atoms with Gasteiger partial charge >= 0.3 is 0 Å². The van der Waals surface area contributed by atoms with Crippen LogP contribution in [0.25, 0.3) is 10.4 Å².